The quantitative estimate of drug-likeness (QED) is 0.587. The van der Waals surface area contributed by atoms with Crippen molar-refractivity contribution in [3.63, 3.8) is 0 Å². The molecule has 0 aliphatic carbocycles. The highest BCUT2D eigenvalue weighted by Gasteiger charge is 2.25. The standard InChI is InChI=1S/C24H28N2O2.H2S/c1-25(24(27)17-19-10-11-23-21(16-19)12-15-28-23)22(20-8-4-2-5-9-20)18-26-13-6-3-7-14-26;/h2,4-5,8-12,15-16,22H,3,6-7,13-14,17-18H2,1H3;1H2/t22-;/m1./s1. The van der Waals surface area contributed by atoms with E-state index in [0.717, 1.165) is 36.2 Å². The van der Waals surface area contributed by atoms with Gasteiger partial charge in [0.2, 0.25) is 5.91 Å². The molecule has 1 aromatic heterocycles. The molecular weight excluding hydrogens is 380 g/mol. The zero-order valence-corrected chi connectivity index (χ0v) is 18.0. The molecule has 5 heteroatoms. The molecule has 1 saturated heterocycles. The molecule has 2 aromatic carbocycles. The zero-order chi connectivity index (χ0) is 19.3. The molecule has 0 bridgehead atoms. The fraction of sp³-hybridized carbons (Fsp3) is 0.375. The van der Waals surface area contributed by atoms with E-state index in [2.05, 4.69) is 29.2 Å². The van der Waals surface area contributed by atoms with Gasteiger partial charge in [0, 0.05) is 19.0 Å². The number of likely N-dealkylation sites (N-methyl/N-ethyl adjacent to an activating group) is 1. The molecule has 154 valence electrons. The zero-order valence-electron chi connectivity index (χ0n) is 17.0. The van der Waals surface area contributed by atoms with Crippen LogP contribution >= 0.6 is 13.5 Å². The number of rotatable bonds is 6. The van der Waals surface area contributed by atoms with Crippen molar-refractivity contribution >= 4 is 30.4 Å². The highest BCUT2D eigenvalue weighted by atomic mass is 32.1. The van der Waals surface area contributed by atoms with Gasteiger partial charge in [0.1, 0.15) is 5.58 Å². The van der Waals surface area contributed by atoms with Crippen molar-refractivity contribution in [1.82, 2.24) is 9.80 Å². The second-order valence-electron chi connectivity index (χ2n) is 7.76. The maximum absolute atomic E-state index is 13.1. The van der Waals surface area contributed by atoms with Crippen LogP contribution in [0.2, 0.25) is 0 Å². The summed E-state index contributed by atoms with van der Waals surface area (Å²) in [5, 5.41) is 1.04. The summed E-state index contributed by atoms with van der Waals surface area (Å²) in [6, 6.07) is 18.4. The number of nitrogens with zero attached hydrogens (tertiary/aromatic N) is 2. The van der Waals surface area contributed by atoms with Gasteiger partial charge in [0.05, 0.1) is 18.7 Å². The number of benzene rings is 2. The van der Waals surface area contributed by atoms with E-state index in [1.165, 1.54) is 24.8 Å². The third-order valence-electron chi connectivity index (χ3n) is 5.80. The number of hydrogen-bond donors (Lipinski definition) is 0. The number of hydrogen-bond acceptors (Lipinski definition) is 3. The Labute approximate surface area is 179 Å². The smallest absolute Gasteiger partial charge is 0.227 e. The monoisotopic (exact) mass is 410 g/mol. The molecule has 2 heterocycles. The van der Waals surface area contributed by atoms with E-state index in [1.807, 2.05) is 42.3 Å². The first kappa shape index (κ1) is 21.5. The van der Waals surface area contributed by atoms with Crippen LogP contribution < -0.4 is 0 Å². The third-order valence-corrected chi connectivity index (χ3v) is 5.80. The molecule has 0 N–H and O–H groups in total. The van der Waals surface area contributed by atoms with Crippen molar-refractivity contribution in [2.45, 2.75) is 31.7 Å². The van der Waals surface area contributed by atoms with E-state index >= 15 is 0 Å². The summed E-state index contributed by atoms with van der Waals surface area (Å²) in [7, 11) is 1.94. The van der Waals surface area contributed by atoms with Crippen LogP contribution in [0.15, 0.2) is 65.3 Å². The summed E-state index contributed by atoms with van der Waals surface area (Å²) in [5.74, 6) is 0.147. The lowest BCUT2D eigenvalue weighted by atomic mass is 10.0. The summed E-state index contributed by atoms with van der Waals surface area (Å²) >= 11 is 0. The van der Waals surface area contributed by atoms with E-state index < -0.39 is 0 Å². The number of amides is 1. The minimum Gasteiger partial charge on any atom is -0.464 e. The Morgan fingerprint density at radius 1 is 1.07 bits per heavy atom. The van der Waals surface area contributed by atoms with Gasteiger partial charge in [-0.25, -0.2) is 0 Å². The van der Waals surface area contributed by atoms with Crippen molar-refractivity contribution < 1.29 is 9.21 Å². The number of likely N-dealkylation sites (tertiary alicyclic amines) is 1. The normalized spacial score (nSPS) is 15.6. The number of furan rings is 1. The van der Waals surface area contributed by atoms with Crippen LogP contribution in [0.4, 0.5) is 0 Å². The van der Waals surface area contributed by atoms with E-state index in [1.54, 1.807) is 6.26 Å². The Hall–Kier alpha value is -2.24. The number of fused-ring (bicyclic) bond motifs is 1. The molecule has 1 aliphatic rings. The molecule has 0 unspecified atom stereocenters. The van der Waals surface area contributed by atoms with E-state index in [9.17, 15) is 4.79 Å². The van der Waals surface area contributed by atoms with E-state index in [-0.39, 0.29) is 25.4 Å². The maximum atomic E-state index is 13.1. The van der Waals surface area contributed by atoms with Crippen molar-refractivity contribution in [2.24, 2.45) is 0 Å². The molecule has 0 spiro atoms. The molecular formula is C24H30N2O2S. The van der Waals surface area contributed by atoms with Gasteiger partial charge in [-0.15, -0.1) is 0 Å². The van der Waals surface area contributed by atoms with Gasteiger partial charge in [0.15, 0.2) is 0 Å². The summed E-state index contributed by atoms with van der Waals surface area (Å²) in [5.41, 5.74) is 3.08. The van der Waals surface area contributed by atoms with Gasteiger partial charge in [-0.1, -0.05) is 42.8 Å². The van der Waals surface area contributed by atoms with Crippen LogP contribution in [0.3, 0.4) is 0 Å². The van der Waals surface area contributed by atoms with E-state index in [4.69, 9.17) is 4.42 Å². The van der Waals surface area contributed by atoms with Crippen molar-refractivity contribution in [3.8, 4) is 0 Å². The first-order valence-corrected chi connectivity index (χ1v) is 10.2. The van der Waals surface area contributed by atoms with Gasteiger partial charge < -0.3 is 14.2 Å². The van der Waals surface area contributed by atoms with Gasteiger partial charge in [-0.2, -0.15) is 13.5 Å². The van der Waals surface area contributed by atoms with Crippen LogP contribution in [0, 0.1) is 0 Å². The summed E-state index contributed by atoms with van der Waals surface area (Å²) < 4.78 is 5.41. The molecule has 1 atom stereocenters. The Kier molecular flexibility index (Phi) is 7.40. The SMILES string of the molecule is CN(C(=O)Cc1ccc2occc2c1)[C@H](CN1CCCCC1)c1ccccc1.S. The first-order valence-electron chi connectivity index (χ1n) is 10.2. The van der Waals surface area contributed by atoms with Crippen molar-refractivity contribution in [2.75, 3.05) is 26.7 Å². The second-order valence-corrected chi connectivity index (χ2v) is 7.76. The minimum atomic E-state index is 0. The Bertz CT molecular complexity index is 919. The number of piperidine rings is 1. The topological polar surface area (TPSA) is 36.7 Å². The highest BCUT2D eigenvalue weighted by Crippen LogP contribution is 2.24. The van der Waals surface area contributed by atoms with Crippen LogP contribution in [-0.2, 0) is 11.2 Å². The fourth-order valence-electron chi connectivity index (χ4n) is 4.11. The van der Waals surface area contributed by atoms with Crippen LogP contribution in [0.5, 0.6) is 0 Å². The lowest BCUT2D eigenvalue weighted by molar-refractivity contribution is -0.131. The van der Waals surface area contributed by atoms with Crippen LogP contribution in [0.25, 0.3) is 11.0 Å². The van der Waals surface area contributed by atoms with E-state index in [0.29, 0.717) is 6.42 Å². The number of carbonyl (C=O) groups excluding carboxylic acids is 1. The summed E-state index contributed by atoms with van der Waals surface area (Å²) in [6.07, 6.45) is 5.92. The lowest BCUT2D eigenvalue weighted by Crippen LogP contribution is -2.41. The predicted octanol–water partition coefficient (Wildman–Crippen LogP) is 4.77. The maximum Gasteiger partial charge on any atom is 0.227 e. The predicted molar refractivity (Wildman–Crippen MR) is 123 cm³/mol. The molecule has 3 aromatic rings. The minimum absolute atomic E-state index is 0. The Morgan fingerprint density at radius 3 is 2.59 bits per heavy atom. The Morgan fingerprint density at radius 2 is 1.83 bits per heavy atom. The highest BCUT2D eigenvalue weighted by molar-refractivity contribution is 7.59. The second kappa shape index (κ2) is 9.99. The van der Waals surface area contributed by atoms with Crippen LogP contribution in [0.1, 0.15) is 36.4 Å². The van der Waals surface area contributed by atoms with Gasteiger partial charge in [-0.05, 0) is 55.3 Å². The van der Waals surface area contributed by atoms with Gasteiger partial charge in [0.25, 0.3) is 0 Å². The van der Waals surface area contributed by atoms with Gasteiger partial charge >= 0.3 is 0 Å². The number of carbonyl (C=O) groups is 1. The molecule has 0 radical (unpaired) electrons. The summed E-state index contributed by atoms with van der Waals surface area (Å²) in [4.78, 5) is 17.6. The lowest BCUT2D eigenvalue weighted by Gasteiger charge is -2.35. The van der Waals surface area contributed by atoms with Crippen molar-refractivity contribution in [3.05, 3.63) is 72.0 Å². The molecule has 1 fully saturated rings. The molecule has 4 rings (SSSR count). The molecule has 0 saturated carbocycles. The van der Waals surface area contributed by atoms with Crippen molar-refractivity contribution in [1.29, 1.82) is 0 Å². The van der Waals surface area contributed by atoms with Gasteiger partial charge in [-0.3, -0.25) is 4.79 Å². The first-order chi connectivity index (χ1) is 13.7. The molecule has 4 nitrogen and oxygen atoms in total. The molecule has 1 amide bonds. The molecule has 1 aliphatic heterocycles. The third kappa shape index (κ3) is 5.22. The average Bonchev–Trinajstić information content (AvgIpc) is 3.21. The Balaban J connectivity index is 0.00000240. The summed E-state index contributed by atoms with van der Waals surface area (Å²) in [6.45, 7) is 3.15. The average molecular weight is 411 g/mol. The van der Waals surface area contributed by atoms with Crippen LogP contribution in [-0.4, -0.2) is 42.4 Å². The largest absolute Gasteiger partial charge is 0.464 e. The molecule has 29 heavy (non-hydrogen) atoms. The fourth-order valence-corrected chi connectivity index (χ4v) is 4.11.